The molecule has 3 heterocycles. The van der Waals surface area contributed by atoms with Crippen LogP contribution in [0, 0.1) is 82.9 Å². The Morgan fingerprint density at radius 2 is 1.02 bits per heavy atom. The minimum absolute atomic E-state index is 0.596. The van der Waals surface area contributed by atoms with Crippen molar-refractivity contribution in [2.75, 3.05) is 0 Å². The molecule has 230 valence electrons. The predicted molar refractivity (Wildman–Crippen MR) is 165 cm³/mol. The van der Waals surface area contributed by atoms with Crippen LogP contribution in [0.1, 0.15) is 136 Å². The van der Waals surface area contributed by atoms with E-state index in [4.69, 9.17) is 9.47 Å². The van der Waals surface area contributed by atoms with Gasteiger partial charge in [0.1, 0.15) is 0 Å². The monoisotopic (exact) mass is 562 g/mol. The van der Waals surface area contributed by atoms with E-state index < -0.39 is 0 Å². The highest BCUT2D eigenvalue weighted by molar-refractivity contribution is 5.09. The highest BCUT2D eigenvalue weighted by Crippen LogP contribution is 2.65. The Kier molecular flexibility index (Phi) is 7.16. The smallest absolute Gasteiger partial charge is 0.0634 e. The molecule has 3 saturated heterocycles. The van der Waals surface area contributed by atoms with Crippen molar-refractivity contribution in [3.63, 3.8) is 0 Å². The van der Waals surface area contributed by atoms with Crippen LogP contribution in [-0.4, -0.2) is 24.4 Å². The van der Waals surface area contributed by atoms with E-state index in [1.807, 2.05) is 0 Å². The van der Waals surface area contributed by atoms with E-state index in [1.165, 1.54) is 64.2 Å². The summed E-state index contributed by atoms with van der Waals surface area (Å²) >= 11 is 0. The molecule has 8 bridgehead atoms. The van der Waals surface area contributed by atoms with Crippen molar-refractivity contribution < 1.29 is 9.47 Å². The highest BCUT2D eigenvalue weighted by Gasteiger charge is 2.60. The summed E-state index contributed by atoms with van der Waals surface area (Å²) in [6.45, 7) is 5.64. The maximum atomic E-state index is 6.55. The van der Waals surface area contributed by atoms with Gasteiger partial charge < -0.3 is 9.47 Å². The fourth-order valence-corrected chi connectivity index (χ4v) is 14.7. The number of hydrogen-bond acceptors (Lipinski definition) is 2. The van der Waals surface area contributed by atoms with Crippen molar-refractivity contribution in [1.82, 2.24) is 0 Å². The Balaban J connectivity index is 1.12. The minimum Gasteiger partial charge on any atom is -0.375 e. The SMILES string of the molecule is C[C@H](C1C2CCCC1O2)[C@H](C1CC2CC(C1)O2)C(C1C2CCCC1C2)[C@H](C1CC2CC(C2)C1)[C@@H](C)C1CCCCC1. The van der Waals surface area contributed by atoms with E-state index >= 15 is 0 Å². The first kappa shape index (κ1) is 27.2. The lowest BCUT2D eigenvalue weighted by atomic mass is 9.42. The standard InChI is InChI=1S/C39H62O2/c1-22(26-8-4-3-5-9-26)35(29-16-24-14-25(15-24)17-29)39(38-27-10-6-11-28(38)18-27)36(30-19-31-21-32(20-30)40-31)23(2)37-33-12-7-13-34(37)41-33/h22-39H,3-21H2,1-2H3/t22-,23-,24?,25?,27?,28?,29?,30?,31?,32?,33?,34?,35-,36+,37?,38?,39?/m0/s1. The van der Waals surface area contributed by atoms with Crippen molar-refractivity contribution >= 4 is 0 Å². The fraction of sp³-hybridized carbons (Fsp3) is 1.00. The zero-order valence-corrected chi connectivity index (χ0v) is 26.6. The Morgan fingerprint density at radius 1 is 0.439 bits per heavy atom. The number of rotatable bonds is 9. The Morgan fingerprint density at radius 3 is 1.63 bits per heavy atom. The third-order valence-electron chi connectivity index (χ3n) is 16.3. The maximum absolute atomic E-state index is 6.55. The molecule has 0 aromatic carbocycles. The van der Waals surface area contributed by atoms with Gasteiger partial charge in [-0.2, -0.15) is 0 Å². The lowest BCUT2D eigenvalue weighted by molar-refractivity contribution is -0.253. The van der Waals surface area contributed by atoms with E-state index in [-0.39, 0.29) is 0 Å². The summed E-state index contributed by atoms with van der Waals surface area (Å²) in [5.74, 6) is 14.0. The number of ether oxygens (including phenoxy) is 2. The molecule has 0 aromatic heterocycles. The molecule has 41 heavy (non-hydrogen) atoms. The van der Waals surface area contributed by atoms with Crippen LogP contribution in [0.4, 0.5) is 0 Å². The van der Waals surface area contributed by atoms with Crippen LogP contribution in [0.2, 0.25) is 0 Å². The maximum Gasteiger partial charge on any atom is 0.0634 e. The molecule has 8 aliphatic carbocycles. The first-order valence-corrected chi connectivity index (χ1v) is 19.4. The van der Waals surface area contributed by atoms with Crippen molar-refractivity contribution in [1.29, 1.82) is 0 Å². The van der Waals surface area contributed by atoms with E-state index in [2.05, 4.69) is 13.8 Å². The van der Waals surface area contributed by atoms with Gasteiger partial charge in [-0.3, -0.25) is 0 Å². The molecule has 0 radical (unpaired) electrons. The van der Waals surface area contributed by atoms with Gasteiger partial charge in [-0.25, -0.2) is 0 Å². The molecule has 2 nitrogen and oxygen atoms in total. The zero-order chi connectivity index (χ0) is 27.2. The molecule has 0 N–H and O–H groups in total. The van der Waals surface area contributed by atoms with Gasteiger partial charge in [-0.15, -0.1) is 0 Å². The normalized spacial score (nSPS) is 52.0. The first-order valence-electron chi connectivity index (χ1n) is 19.4. The largest absolute Gasteiger partial charge is 0.375 e. The van der Waals surface area contributed by atoms with Crippen LogP contribution < -0.4 is 0 Å². The second-order valence-electron chi connectivity index (χ2n) is 18.1. The van der Waals surface area contributed by atoms with Gasteiger partial charge in [0.15, 0.2) is 0 Å². The highest BCUT2D eigenvalue weighted by atomic mass is 16.5. The average Bonchev–Trinajstić information content (AvgIpc) is 2.98. The summed E-state index contributed by atoms with van der Waals surface area (Å²) in [5.41, 5.74) is 0. The van der Waals surface area contributed by atoms with Crippen molar-refractivity contribution in [2.24, 2.45) is 82.9 Å². The Bertz CT molecular complexity index is 880. The van der Waals surface area contributed by atoms with E-state index in [0.29, 0.717) is 24.4 Å². The van der Waals surface area contributed by atoms with Crippen LogP contribution in [0.3, 0.4) is 0 Å². The van der Waals surface area contributed by atoms with Crippen molar-refractivity contribution in [3.8, 4) is 0 Å². The van der Waals surface area contributed by atoms with Gasteiger partial charge in [0.05, 0.1) is 24.4 Å². The Labute approximate surface area is 252 Å². The minimum atomic E-state index is 0.596. The second kappa shape index (κ2) is 10.8. The van der Waals surface area contributed by atoms with Gasteiger partial charge in [0.2, 0.25) is 0 Å². The molecule has 2 heteroatoms. The molecule has 3 aliphatic heterocycles. The first-order chi connectivity index (χ1) is 20.1. The number of hydrogen-bond donors (Lipinski definition) is 0. The molecule has 0 spiro atoms. The van der Waals surface area contributed by atoms with Crippen molar-refractivity contribution in [2.45, 2.75) is 160 Å². The summed E-state index contributed by atoms with van der Waals surface area (Å²) in [7, 11) is 0. The van der Waals surface area contributed by atoms with Gasteiger partial charge in [0.25, 0.3) is 0 Å². The van der Waals surface area contributed by atoms with E-state index in [0.717, 1.165) is 82.9 Å². The lowest BCUT2D eigenvalue weighted by Crippen LogP contribution is -2.61. The molecule has 0 aromatic rings. The van der Waals surface area contributed by atoms with E-state index in [1.54, 1.807) is 57.8 Å². The predicted octanol–water partition coefficient (Wildman–Crippen LogP) is 9.69. The molecule has 11 fully saturated rings. The quantitative estimate of drug-likeness (QED) is 0.278. The summed E-state index contributed by atoms with van der Waals surface area (Å²) in [6.07, 6.45) is 31.0. The van der Waals surface area contributed by atoms with Gasteiger partial charge in [0, 0.05) is 5.92 Å². The van der Waals surface area contributed by atoms with E-state index in [9.17, 15) is 0 Å². The number of fused-ring (bicyclic) bond motifs is 8. The molecule has 11 rings (SSSR count). The zero-order valence-electron chi connectivity index (χ0n) is 26.6. The van der Waals surface area contributed by atoms with Gasteiger partial charge >= 0.3 is 0 Å². The average molecular weight is 563 g/mol. The third kappa shape index (κ3) is 4.58. The van der Waals surface area contributed by atoms with Crippen LogP contribution >= 0.6 is 0 Å². The summed E-state index contributed by atoms with van der Waals surface area (Å²) in [6, 6.07) is 0. The lowest BCUT2D eigenvalue weighted by Gasteiger charge is -2.64. The molecule has 0 amide bonds. The third-order valence-corrected chi connectivity index (χ3v) is 16.3. The summed E-state index contributed by atoms with van der Waals surface area (Å²) in [4.78, 5) is 0. The molecule has 7 unspecified atom stereocenters. The second-order valence-corrected chi connectivity index (χ2v) is 18.1. The molecule has 11 atom stereocenters. The summed E-state index contributed by atoms with van der Waals surface area (Å²) < 4.78 is 12.9. The molecule has 11 aliphatic rings. The van der Waals surface area contributed by atoms with Crippen LogP contribution in [0.5, 0.6) is 0 Å². The summed E-state index contributed by atoms with van der Waals surface area (Å²) in [5, 5.41) is 0. The Hall–Kier alpha value is -0.0800. The molecular formula is C39H62O2. The van der Waals surface area contributed by atoms with Crippen LogP contribution in [-0.2, 0) is 9.47 Å². The van der Waals surface area contributed by atoms with Gasteiger partial charge in [-0.1, -0.05) is 65.2 Å². The fourth-order valence-electron chi connectivity index (χ4n) is 14.7. The topological polar surface area (TPSA) is 18.5 Å². The van der Waals surface area contributed by atoms with Crippen molar-refractivity contribution in [3.05, 3.63) is 0 Å². The van der Waals surface area contributed by atoms with Crippen LogP contribution in [0.25, 0.3) is 0 Å². The van der Waals surface area contributed by atoms with Crippen LogP contribution in [0.15, 0.2) is 0 Å². The van der Waals surface area contributed by atoms with Gasteiger partial charge in [-0.05, 0) is 148 Å². The molecule has 8 saturated carbocycles. The molecular weight excluding hydrogens is 500 g/mol.